The van der Waals surface area contributed by atoms with Crippen LogP contribution in [0.5, 0.6) is 0 Å². The standard InChI is InChI=1S/C17H22F3N5O.HI/c1-11(2)15-24-14(26-25-15)8-9-22-16(21-3)23-10-12-4-6-13(7-5-12)17(18,19)20;/h4-7,11H,8-10H2,1-3H3,(H2,21,22,23);1H. The fourth-order valence-electron chi connectivity index (χ4n) is 2.11. The third-order valence-corrected chi connectivity index (χ3v) is 3.60. The van der Waals surface area contributed by atoms with Gasteiger partial charge in [0.05, 0.1) is 5.56 Å². The van der Waals surface area contributed by atoms with Gasteiger partial charge in [-0.2, -0.15) is 18.2 Å². The highest BCUT2D eigenvalue weighted by molar-refractivity contribution is 14.0. The Balaban J connectivity index is 0.00000364. The van der Waals surface area contributed by atoms with Gasteiger partial charge >= 0.3 is 6.18 Å². The predicted molar refractivity (Wildman–Crippen MR) is 107 cm³/mol. The van der Waals surface area contributed by atoms with E-state index in [1.165, 1.54) is 12.1 Å². The Kier molecular flexibility index (Phi) is 9.00. The molecular weight excluding hydrogens is 474 g/mol. The quantitative estimate of drug-likeness (QED) is 0.362. The van der Waals surface area contributed by atoms with Gasteiger partial charge in [-0.1, -0.05) is 31.1 Å². The van der Waals surface area contributed by atoms with Crippen LogP contribution in [0.2, 0.25) is 0 Å². The summed E-state index contributed by atoms with van der Waals surface area (Å²) in [6, 6.07) is 5.01. The number of nitrogens with one attached hydrogen (secondary N) is 2. The van der Waals surface area contributed by atoms with Crippen molar-refractivity contribution in [3.63, 3.8) is 0 Å². The van der Waals surface area contributed by atoms with Gasteiger partial charge in [0.25, 0.3) is 0 Å². The highest BCUT2D eigenvalue weighted by Gasteiger charge is 2.29. The van der Waals surface area contributed by atoms with Crippen LogP contribution < -0.4 is 10.6 Å². The lowest BCUT2D eigenvalue weighted by Crippen LogP contribution is -2.37. The van der Waals surface area contributed by atoms with Crippen LogP contribution in [0, 0.1) is 0 Å². The zero-order valence-electron chi connectivity index (χ0n) is 15.3. The lowest BCUT2D eigenvalue weighted by atomic mass is 10.1. The first-order chi connectivity index (χ1) is 12.3. The predicted octanol–water partition coefficient (Wildman–Crippen LogP) is 3.74. The van der Waals surface area contributed by atoms with E-state index >= 15 is 0 Å². The highest BCUT2D eigenvalue weighted by atomic mass is 127. The minimum Gasteiger partial charge on any atom is -0.356 e. The molecule has 6 nitrogen and oxygen atoms in total. The molecule has 0 radical (unpaired) electrons. The van der Waals surface area contributed by atoms with Gasteiger partial charge in [-0.3, -0.25) is 4.99 Å². The van der Waals surface area contributed by atoms with Gasteiger partial charge in [0.2, 0.25) is 5.89 Å². The Hall–Kier alpha value is -1.85. The summed E-state index contributed by atoms with van der Waals surface area (Å²) in [7, 11) is 1.62. The summed E-state index contributed by atoms with van der Waals surface area (Å²) in [6.07, 6.45) is -3.78. The van der Waals surface area contributed by atoms with Crippen molar-refractivity contribution < 1.29 is 17.7 Å². The summed E-state index contributed by atoms with van der Waals surface area (Å²) >= 11 is 0. The Labute approximate surface area is 173 Å². The van der Waals surface area contributed by atoms with Crippen LogP contribution in [-0.4, -0.2) is 29.7 Å². The number of hydrogen-bond donors (Lipinski definition) is 2. The molecule has 150 valence electrons. The molecule has 2 aromatic rings. The smallest absolute Gasteiger partial charge is 0.356 e. The summed E-state index contributed by atoms with van der Waals surface area (Å²) in [5.41, 5.74) is 0.0588. The van der Waals surface area contributed by atoms with Crippen LogP contribution >= 0.6 is 24.0 Å². The molecule has 0 fully saturated rings. The van der Waals surface area contributed by atoms with E-state index in [4.69, 9.17) is 4.52 Å². The van der Waals surface area contributed by atoms with Gasteiger partial charge in [-0.15, -0.1) is 24.0 Å². The SMILES string of the molecule is CN=C(NCCc1nc(C(C)C)no1)NCc1ccc(C(F)(F)F)cc1.I. The normalized spacial score (nSPS) is 12.0. The van der Waals surface area contributed by atoms with Gasteiger partial charge in [0, 0.05) is 32.5 Å². The second-order valence-corrected chi connectivity index (χ2v) is 6.00. The highest BCUT2D eigenvalue weighted by Crippen LogP contribution is 2.29. The molecule has 1 heterocycles. The fourth-order valence-corrected chi connectivity index (χ4v) is 2.11. The summed E-state index contributed by atoms with van der Waals surface area (Å²) in [5.74, 6) is 1.95. The zero-order valence-corrected chi connectivity index (χ0v) is 17.6. The molecule has 2 rings (SSSR count). The molecule has 0 aliphatic heterocycles. The van der Waals surface area contributed by atoms with E-state index in [9.17, 15) is 13.2 Å². The number of aliphatic imine (C=N–C) groups is 1. The van der Waals surface area contributed by atoms with Crippen molar-refractivity contribution in [1.82, 2.24) is 20.8 Å². The number of rotatable bonds is 6. The molecule has 27 heavy (non-hydrogen) atoms. The van der Waals surface area contributed by atoms with Crippen molar-refractivity contribution >= 4 is 29.9 Å². The van der Waals surface area contributed by atoms with Crippen LogP contribution in [-0.2, 0) is 19.1 Å². The second kappa shape index (κ2) is 10.5. The average Bonchev–Trinajstić information content (AvgIpc) is 3.06. The van der Waals surface area contributed by atoms with Gasteiger partial charge < -0.3 is 15.2 Å². The Morgan fingerprint density at radius 2 is 1.85 bits per heavy atom. The van der Waals surface area contributed by atoms with Gasteiger partial charge in [-0.05, 0) is 17.7 Å². The van der Waals surface area contributed by atoms with E-state index in [2.05, 4.69) is 25.8 Å². The molecule has 0 spiro atoms. The van der Waals surface area contributed by atoms with Crippen LogP contribution in [0.25, 0.3) is 0 Å². The number of benzene rings is 1. The molecule has 0 unspecified atom stereocenters. The molecular formula is C17H23F3IN5O. The van der Waals surface area contributed by atoms with Crippen molar-refractivity contribution in [3.8, 4) is 0 Å². The monoisotopic (exact) mass is 497 g/mol. The van der Waals surface area contributed by atoms with E-state index in [-0.39, 0.29) is 29.9 Å². The number of alkyl halides is 3. The fraction of sp³-hybridized carbons (Fsp3) is 0.471. The molecule has 10 heteroatoms. The van der Waals surface area contributed by atoms with Crippen LogP contribution in [0.15, 0.2) is 33.8 Å². The molecule has 0 saturated carbocycles. The summed E-state index contributed by atoms with van der Waals surface area (Å²) in [5, 5.41) is 10.0. The molecule has 2 N–H and O–H groups in total. The van der Waals surface area contributed by atoms with Crippen molar-refractivity contribution in [2.75, 3.05) is 13.6 Å². The van der Waals surface area contributed by atoms with Crippen molar-refractivity contribution in [2.45, 2.75) is 38.9 Å². The van der Waals surface area contributed by atoms with E-state index in [0.717, 1.165) is 17.7 Å². The van der Waals surface area contributed by atoms with Crippen LogP contribution in [0.1, 0.15) is 42.6 Å². The number of guanidine groups is 1. The first-order valence-corrected chi connectivity index (χ1v) is 8.22. The van der Waals surface area contributed by atoms with Crippen molar-refractivity contribution in [1.29, 1.82) is 0 Å². The maximum Gasteiger partial charge on any atom is 0.416 e. The Morgan fingerprint density at radius 1 is 1.19 bits per heavy atom. The maximum atomic E-state index is 12.6. The number of aromatic nitrogens is 2. The Bertz CT molecular complexity index is 729. The average molecular weight is 497 g/mol. The summed E-state index contributed by atoms with van der Waals surface area (Å²) in [4.78, 5) is 8.36. The first kappa shape index (κ1) is 23.2. The lowest BCUT2D eigenvalue weighted by Gasteiger charge is -2.12. The topological polar surface area (TPSA) is 75.3 Å². The lowest BCUT2D eigenvalue weighted by molar-refractivity contribution is -0.137. The number of nitrogens with zero attached hydrogens (tertiary/aromatic N) is 3. The van der Waals surface area contributed by atoms with Gasteiger partial charge in [-0.25, -0.2) is 0 Å². The minimum absolute atomic E-state index is 0. The molecule has 0 saturated heterocycles. The second-order valence-electron chi connectivity index (χ2n) is 6.00. The van der Waals surface area contributed by atoms with Crippen LogP contribution in [0.3, 0.4) is 0 Å². The third kappa shape index (κ3) is 7.35. The number of halogens is 4. The minimum atomic E-state index is -4.33. The number of hydrogen-bond acceptors (Lipinski definition) is 4. The molecule has 0 aliphatic carbocycles. The summed E-state index contributed by atoms with van der Waals surface area (Å²) < 4.78 is 42.8. The largest absolute Gasteiger partial charge is 0.416 e. The molecule has 0 amide bonds. The molecule has 0 aliphatic rings. The van der Waals surface area contributed by atoms with Crippen LogP contribution in [0.4, 0.5) is 13.2 Å². The third-order valence-electron chi connectivity index (χ3n) is 3.60. The van der Waals surface area contributed by atoms with Crippen molar-refractivity contribution in [3.05, 3.63) is 47.1 Å². The Morgan fingerprint density at radius 3 is 2.37 bits per heavy atom. The maximum absolute atomic E-state index is 12.6. The van der Waals surface area contributed by atoms with E-state index < -0.39 is 11.7 Å². The molecule has 0 atom stereocenters. The molecule has 0 bridgehead atoms. The van der Waals surface area contributed by atoms with E-state index in [1.54, 1.807) is 7.05 Å². The summed E-state index contributed by atoms with van der Waals surface area (Å²) in [6.45, 7) is 4.86. The molecule has 1 aromatic heterocycles. The van der Waals surface area contributed by atoms with E-state index in [1.807, 2.05) is 13.8 Å². The first-order valence-electron chi connectivity index (χ1n) is 8.22. The van der Waals surface area contributed by atoms with Gasteiger partial charge in [0.15, 0.2) is 11.8 Å². The zero-order chi connectivity index (χ0) is 19.2. The van der Waals surface area contributed by atoms with Crippen molar-refractivity contribution in [2.24, 2.45) is 4.99 Å². The van der Waals surface area contributed by atoms with Gasteiger partial charge in [0.1, 0.15) is 0 Å². The van der Waals surface area contributed by atoms with E-state index in [0.29, 0.717) is 37.2 Å². The molecule has 1 aromatic carbocycles.